The fourth-order valence-corrected chi connectivity index (χ4v) is 2.29. The predicted molar refractivity (Wildman–Crippen MR) is 67.1 cm³/mol. The molecule has 0 saturated heterocycles. The third-order valence-electron chi connectivity index (χ3n) is 3.12. The van der Waals surface area contributed by atoms with Gasteiger partial charge in [-0.25, -0.2) is 12.8 Å². The van der Waals surface area contributed by atoms with Crippen molar-refractivity contribution >= 4 is 10.1 Å². The summed E-state index contributed by atoms with van der Waals surface area (Å²) in [5, 5.41) is -4.93. The van der Waals surface area contributed by atoms with Gasteiger partial charge in [0.15, 0.2) is 16.3 Å². The molecule has 0 aromatic carbocycles. The van der Waals surface area contributed by atoms with E-state index in [-0.39, 0.29) is 42.4 Å². The summed E-state index contributed by atoms with van der Waals surface area (Å²) in [6.45, 7) is 0. The molecule has 0 spiro atoms. The zero-order valence-corrected chi connectivity index (χ0v) is 15.7. The molecular weight excluding hydrogens is 361 g/mol. The van der Waals surface area contributed by atoms with Gasteiger partial charge < -0.3 is 4.55 Å². The molecular formula is C12H19F6NaO3S. The van der Waals surface area contributed by atoms with Crippen molar-refractivity contribution < 1.29 is 68.9 Å². The van der Waals surface area contributed by atoms with Gasteiger partial charge in [0.25, 0.3) is 0 Å². The molecule has 23 heavy (non-hydrogen) atoms. The molecule has 0 saturated carbocycles. The smallest absolute Gasteiger partial charge is 0.743 e. The number of rotatable bonds is 11. The molecule has 0 heterocycles. The Labute approximate surface area is 154 Å². The molecule has 0 aromatic rings. The zero-order chi connectivity index (χ0) is 17.4. The Morgan fingerprint density at radius 3 is 1.61 bits per heavy atom. The Morgan fingerprint density at radius 1 is 0.826 bits per heavy atom. The van der Waals surface area contributed by atoms with E-state index in [1.807, 2.05) is 0 Å². The van der Waals surface area contributed by atoms with Crippen molar-refractivity contribution in [3.05, 3.63) is 0 Å². The van der Waals surface area contributed by atoms with Gasteiger partial charge in [-0.2, -0.15) is 22.0 Å². The Morgan fingerprint density at radius 2 is 1.22 bits per heavy atom. The van der Waals surface area contributed by atoms with Crippen LogP contribution in [-0.2, 0) is 10.1 Å². The van der Waals surface area contributed by atoms with Crippen LogP contribution in [0.4, 0.5) is 26.3 Å². The largest absolute Gasteiger partial charge is 1.00 e. The van der Waals surface area contributed by atoms with Crippen molar-refractivity contribution in [3.63, 3.8) is 0 Å². The van der Waals surface area contributed by atoms with E-state index in [9.17, 15) is 39.3 Å². The van der Waals surface area contributed by atoms with Crippen LogP contribution in [0, 0.1) is 0 Å². The van der Waals surface area contributed by atoms with Gasteiger partial charge in [0.05, 0.1) is 0 Å². The first-order chi connectivity index (χ1) is 9.88. The molecule has 0 bridgehead atoms. The first kappa shape index (κ1) is 25.7. The van der Waals surface area contributed by atoms with Gasteiger partial charge in [0, 0.05) is 6.42 Å². The van der Waals surface area contributed by atoms with Gasteiger partial charge >= 0.3 is 41.0 Å². The van der Waals surface area contributed by atoms with Crippen LogP contribution in [0.3, 0.4) is 0 Å². The molecule has 0 N–H and O–H groups in total. The van der Waals surface area contributed by atoms with E-state index in [4.69, 9.17) is 0 Å². The molecule has 134 valence electrons. The van der Waals surface area contributed by atoms with Gasteiger partial charge in [-0.1, -0.05) is 38.5 Å². The molecule has 0 amide bonds. The average molecular weight is 380 g/mol. The molecule has 0 radical (unpaired) electrons. The monoisotopic (exact) mass is 380 g/mol. The van der Waals surface area contributed by atoms with Crippen LogP contribution in [-0.4, -0.2) is 30.6 Å². The Bertz CT molecular complexity index is 414. The third kappa shape index (κ3) is 11.6. The summed E-state index contributed by atoms with van der Waals surface area (Å²) in [5.74, 6) is 0. The van der Waals surface area contributed by atoms with Crippen LogP contribution < -0.4 is 29.6 Å². The first-order valence-corrected chi connectivity index (χ1v) is 8.33. The maximum Gasteiger partial charge on any atom is 1.00 e. The van der Waals surface area contributed by atoms with Gasteiger partial charge in [0.1, 0.15) is 0 Å². The molecule has 0 aromatic heterocycles. The molecule has 0 aliphatic heterocycles. The van der Waals surface area contributed by atoms with Crippen molar-refractivity contribution in [2.75, 3.05) is 0 Å². The summed E-state index contributed by atoms with van der Waals surface area (Å²) < 4.78 is 105. The minimum Gasteiger partial charge on any atom is -0.743 e. The Kier molecular flexibility index (Phi) is 12.5. The number of hydrogen-bond acceptors (Lipinski definition) is 3. The van der Waals surface area contributed by atoms with Crippen LogP contribution in [0.25, 0.3) is 0 Å². The van der Waals surface area contributed by atoms with Crippen LogP contribution in [0.15, 0.2) is 0 Å². The molecule has 3 nitrogen and oxygen atoms in total. The predicted octanol–water partition coefficient (Wildman–Crippen LogP) is 1.54. The Balaban J connectivity index is 0. The summed E-state index contributed by atoms with van der Waals surface area (Å²) in [6, 6.07) is 0. The average Bonchev–Trinajstić information content (AvgIpc) is 2.33. The SMILES string of the molecule is O=S(=O)([O-])C(F)(F)C(F)CCCCCCCCCC(F)(F)F.[Na+]. The van der Waals surface area contributed by atoms with Gasteiger partial charge in [-0.15, -0.1) is 0 Å². The molecule has 1 unspecified atom stereocenters. The summed E-state index contributed by atoms with van der Waals surface area (Å²) in [5.41, 5.74) is 0. The minimum absolute atomic E-state index is 0. The first-order valence-electron chi connectivity index (χ1n) is 6.92. The summed E-state index contributed by atoms with van der Waals surface area (Å²) in [6.07, 6.45) is -6.37. The standard InChI is InChI=1S/C12H20F6O3S.Na/c13-10(12(17,18)22(19,20)21)8-6-4-2-1-3-5-7-9-11(14,15)16;/h10H,1-9H2,(H,19,20,21);/q;+1/p-1. The number of unbranched alkanes of at least 4 members (excludes halogenated alkanes) is 6. The number of hydrogen-bond donors (Lipinski definition) is 0. The van der Waals surface area contributed by atoms with E-state index in [0.717, 1.165) is 0 Å². The molecule has 0 aliphatic carbocycles. The van der Waals surface area contributed by atoms with Gasteiger partial charge in [0.2, 0.25) is 0 Å². The summed E-state index contributed by atoms with van der Waals surface area (Å²) in [4.78, 5) is 0. The molecule has 1 atom stereocenters. The van der Waals surface area contributed by atoms with Crippen molar-refractivity contribution in [1.29, 1.82) is 0 Å². The normalized spacial score (nSPS) is 14.4. The van der Waals surface area contributed by atoms with Crippen LogP contribution >= 0.6 is 0 Å². The van der Waals surface area contributed by atoms with E-state index >= 15 is 0 Å². The van der Waals surface area contributed by atoms with Crippen LogP contribution in [0.2, 0.25) is 0 Å². The maximum absolute atomic E-state index is 13.0. The van der Waals surface area contributed by atoms with Crippen LogP contribution in [0.5, 0.6) is 0 Å². The van der Waals surface area contributed by atoms with E-state index in [1.54, 1.807) is 0 Å². The second-order valence-corrected chi connectivity index (χ2v) is 6.56. The van der Waals surface area contributed by atoms with Gasteiger partial charge in [-0.05, 0) is 12.8 Å². The number of halogens is 6. The van der Waals surface area contributed by atoms with E-state index in [0.29, 0.717) is 32.1 Å². The number of alkyl halides is 6. The van der Waals surface area contributed by atoms with Crippen molar-refractivity contribution in [1.82, 2.24) is 0 Å². The zero-order valence-electron chi connectivity index (χ0n) is 12.8. The van der Waals surface area contributed by atoms with E-state index < -0.39 is 40.6 Å². The maximum atomic E-state index is 13.0. The second kappa shape index (κ2) is 11.2. The van der Waals surface area contributed by atoms with Crippen molar-refractivity contribution in [2.45, 2.75) is 75.4 Å². The quantitative estimate of drug-likeness (QED) is 0.237. The summed E-state index contributed by atoms with van der Waals surface area (Å²) >= 11 is 0. The van der Waals surface area contributed by atoms with E-state index in [2.05, 4.69) is 0 Å². The fourth-order valence-electron chi connectivity index (χ4n) is 1.86. The molecule has 0 fully saturated rings. The fraction of sp³-hybridized carbons (Fsp3) is 1.00. The van der Waals surface area contributed by atoms with Crippen LogP contribution in [0.1, 0.15) is 57.8 Å². The third-order valence-corrected chi connectivity index (χ3v) is 4.04. The topological polar surface area (TPSA) is 57.2 Å². The summed E-state index contributed by atoms with van der Waals surface area (Å²) in [7, 11) is -6.02. The Hall–Kier alpha value is 0.490. The van der Waals surface area contributed by atoms with E-state index in [1.165, 1.54) is 0 Å². The van der Waals surface area contributed by atoms with Crippen molar-refractivity contribution in [3.8, 4) is 0 Å². The van der Waals surface area contributed by atoms with Gasteiger partial charge in [-0.3, -0.25) is 0 Å². The molecule has 0 aliphatic rings. The minimum atomic E-state index is -6.02. The second-order valence-electron chi connectivity index (χ2n) is 5.11. The van der Waals surface area contributed by atoms with Crippen molar-refractivity contribution in [2.24, 2.45) is 0 Å². The molecule has 0 rings (SSSR count). The molecule has 11 heteroatoms.